The zero-order chi connectivity index (χ0) is 16.8. The summed E-state index contributed by atoms with van der Waals surface area (Å²) in [7, 11) is 0. The molecule has 2 saturated heterocycles. The molecule has 8 heteroatoms. The van der Waals surface area contributed by atoms with Crippen LogP contribution in [0.15, 0.2) is 17.5 Å². The largest absolute Gasteiger partial charge is 0.481 e. The molecule has 2 aromatic rings. The monoisotopic (exact) mass is 364 g/mol. The molecule has 0 radical (unpaired) electrons. The van der Waals surface area contributed by atoms with Crippen LogP contribution in [-0.2, 0) is 14.3 Å². The number of nitrogens with zero attached hydrogens (tertiary/aromatic N) is 1. The first kappa shape index (κ1) is 15.7. The predicted molar refractivity (Wildman–Crippen MR) is 91.3 cm³/mol. The number of fused-ring (bicyclic) bond motifs is 2. The highest BCUT2D eigenvalue weighted by Crippen LogP contribution is 2.44. The zero-order valence-electron chi connectivity index (χ0n) is 12.9. The fourth-order valence-corrected chi connectivity index (χ4v) is 5.15. The fourth-order valence-electron chi connectivity index (χ4n) is 3.53. The van der Waals surface area contributed by atoms with Crippen LogP contribution in [0, 0.1) is 18.8 Å². The summed E-state index contributed by atoms with van der Waals surface area (Å²) < 4.78 is 5.64. The van der Waals surface area contributed by atoms with E-state index in [2.05, 4.69) is 10.3 Å². The molecule has 2 N–H and O–H groups in total. The number of carbonyl (C=O) groups excluding carboxylic acids is 1. The van der Waals surface area contributed by atoms with E-state index in [1.165, 1.54) is 16.2 Å². The first-order valence-electron chi connectivity index (χ1n) is 7.74. The molecule has 2 aliphatic rings. The van der Waals surface area contributed by atoms with Gasteiger partial charge in [-0.15, -0.1) is 22.7 Å². The van der Waals surface area contributed by atoms with Crippen molar-refractivity contribution in [3.05, 3.63) is 22.4 Å². The number of anilines is 1. The number of carboxylic acids is 1. The van der Waals surface area contributed by atoms with Crippen LogP contribution in [0.3, 0.4) is 0 Å². The Kier molecular flexibility index (Phi) is 3.90. The van der Waals surface area contributed by atoms with Gasteiger partial charge in [-0.05, 0) is 31.9 Å². The fraction of sp³-hybridized carbons (Fsp3) is 0.438. The minimum Gasteiger partial charge on any atom is -0.481 e. The van der Waals surface area contributed by atoms with Gasteiger partial charge in [-0.25, -0.2) is 4.98 Å². The lowest BCUT2D eigenvalue weighted by Gasteiger charge is -2.23. The Morgan fingerprint density at radius 1 is 1.29 bits per heavy atom. The number of carboxylic acid groups (broad SMARTS) is 1. The molecular weight excluding hydrogens is 348 g/mol. The van der Waals surface area contributed by atoms with Crippen molar-refractivity contribution >= 4 is 39.7 Å². The second-order valence-electron chi connectivity index (χ2n) is 6.12. The number of hydrogen-bond acceptors (Lipinski definition) is 6. The number of amides is 1. The Morgan fingerprint density at radius 2 is 2.04 bits per heavy atom. The van der Waals surface area contributed by atoms with Crippen molar-refractivity contribution in [2.75, 3.05) is 5.32 Å². The van der Waals surface area contributed by atoms with E-state index < -0.39 is 17.8 Å². The molecule has 0 saturated carbocycles. The maximum atomic E-state index is 12.6. The van der Waals surface area contributed by atoms with Crippen LogP contribution >= 0.6 is 22.7 Å². The van der Waals surface area contributed by atoms with E-state index in [9.17, 15) is 14.7 Å². The summed E-state index contributed by atoms with van der Waals surface area (Å²) in [6.07, 6.45) is 0.814. The van der Waals surface area contributed by atoms with Crippen LogP contribution in [0.4, 0.5) is 5.13 Å². The molecule has 0 unspecified atom stereocenters. The van der Waals surface area contributed by atoms with Gasteiger partial charge in [-0.3, -0.25) is 9.59 Å². The van der Waals surface area contributed by atoms with E-state index in [0.717, 1.165) is 17.0 Å². The summed E-state index contributed by atoms with van der Waals surface area (Å²) in [6, 6.07) is 4.03. The molecule has 2 fully saturated rings. The average Bonchev–Trinajstić information content (AvgIpc) is 3.29. The quantitative estimate of drug-likeness (QED) is 0.871. The smallest absolute Gasteiger partial charge is 0.310 e. The van der Waals surface area contributed by atoms with E-state index in [-0.39, 0.29) is 18.1 Å². The Morgan fingerprint density at radius 3 is 2.71 bits per heavy atom. The highest BCUT2D eigenvalue weighted by atomic mass is 32.1. The second-order valence-corrected chi connectivity index (χ2v) is 8.26. The topological polar surface area (TPSA) is 88.5 Å². The van der Waals surface area contributed by atoms with Crippen LogP contribution in [0.25, 0.3) is 10.6 Å². The van der Waals surface area contributed by atoms with Crippen molar-refractivity contribution in [3.63, 3.8) is 0 Å². The number of aryl methyl sites for hydroxylation is 1. The number of aliphatic carboxylic acids is 1. The Hall–Kier alpha value is -1.77. The maximum absolute atomic E-state index is 12.6. The number of ether oxygens (including phenoxy) is 1. The number of aromatic nitrogens is 1. The van der Waals surface area contributed by atoms with Crippen LogP contribution in [0.2, 0.25) is 0 Å². The van der Waals surface area contributed by atoms with Gasteiger partial charge in [0.25, 0.3) is 0 Å². The van der Waals surface area contributed by atoms with Crippen molar-refractivity contribution in [2.45, 2.75) is 32.0 Å². The predicted octanol–water partition coefficient (Wildman–Crippen LogP) is 3.00. The van der Waals surface area contributed by atoms with Crippen molar-refractivity contribution in [3.8, 4) is 10.6 Å². The molecule has 24 heavy (non-hydrogen) atoms. The van der Waals surface area contributed by atoms with Gasteiger partial charge >= 0.3 is 5.97 Å². The summed E-state index contributed by atoms with van der Waals surface area (Å²) in [5.74, 6) is -2.67. The molecule has 4 atom stereocenters. The molecule has 4 heterocycles. The van der Waals surface area contributed by atoms with Crippen molar-refractivity contribution < 1.29 is 19.4 Å². The molecule has 1 amide bonds. The first-order valence-corrected chi connectivity index (χ1v) is 9.44. The molecule has 4 rings (SSSR count). The maximum Gasteiger partial charge on any atom is 0.310 e. The zero-order valence-corrected chi connectivity index (χ0v) is 14.5. The Bertz CT molecular complexity index is 800. The van der Waals surface area contributed by atoms with Gasteiger partial charge in [-0.1, -0.05) is 0 Å². The highest BCUT2D eigenvalue weighted by Gasteiger charge is 2.55. The van der Waals surface area contributed by atoms with Gasteiger partial charge in [0.1, 0.15) is 0 Å². The molecule has 0 spiro atoms. The lowest BCUT2D eigenvalue weighted by atomic mass is 9.79. The van der Waals surface area contributed by atoms with Gasteiger partial charge in [0.2, 0.25) is 5.91 Å². The number of carbonyl (C=O) groups is 2. The summed E-state index contributed by atoms with van der Waals surface area (Å²) in [5.41, 5.74) is 0.826. The average molecular weight is 364 g/mol. The first-order chi connectivity index (χ1) is 11.5. The van der Waals surface area contributed by atoms with Crippen LogP contribution < -0.4 is 5.32 Å². The number of rotatable bonds is 4. The summed E-state index contributed by atoms with van der Waals surface area (Å²) in [5, 5.41) is 14.6. The van der Waals surface area contributed by atoms with Gasteiger partial charge in [-0.2, -0.15) is 0 Å². The minimum absolute atomic E-state index is 0.296. The third-order valence-electron chi connectivity index (χ3n) is 4.59. The van der Waals surface area contributed by atoms with E-state index in [4.69, 9.17) is 4.74 Å². The lowest BCUT2D eigenvalue weighted by Crippen LogP contribution is -2.40. The Labute approximate surface area is 146 Å². The van der Waals surface area contributed by atoms with Crippen molar-refractivity contribution in [2.24, 2.45) is 11.8 Å². The number of thiophene rings is 1. The third kappa shape index (κ3) is 2.64. The standard InChI is InChI=1S/C16H16N2O4S2/c1-7-2-5-11(24-7)8-6-23-16(17-8)18-14(19)12-9-3-4-10(22-9)13(12)15(20)21/h2,5-6,9-10,12-13H,3-4H2,1H3,(H,20,21)(H,17,18,19)/t9-,10+,12-,13+/m1/s1. The van der Waals surface area contributed by atoms with Crippen molar-refractivity contribution in [1.29, 1.82) is 0 Å². The van der Waals surface area contributed by atoms with Gasteiger partial charge in [0.15, 0.2) is 5.13 Å². The van der Waals surface area contributed by atoms with E-state index in [0.29, 0.717) is 11.6 Å². The van der Waals surface area contributed by atoms with Gasteiger partial charge < -0.3 is 15.2 Å². The third-order valence-corrected chi connectivity index (χ3v) is 6.37. The summed E-state index contributed by atoms with van der Waals surface area (Å²) in [4.78, 5) is 30.8. The number of hydrogen-bond donors (Lipinski definition) is 2. The van der Waals surface area contributed by atoms with Crippen LogP contribution in [0.5, 0.6) is 0 Å². The molecule has 0 aromatic carbocycles. The molecule has 2 bridgehead atoms. The number of thiazole rings is 1. The molecule has 2 aliphatic heterocycles. The normalized spacial score (nSPS) is 28.2. The molecule has 2 aromatic heterocycles. The highest BCUT2D eigenvalue weighted by molar-refractivity contribution is 7.17. The van der Waals surface area contributed by atoms with Gasteiger partial charge in [0, 0.05) is 10.3 Å². The summed E-state index contributed by atoms with van der Waals surface area (Å²) >= 11 is 2.99. The van der Waals surface area contributed by atoms with E-state index in [1.807, 2.05) is 24.4 Å². The molecule has 0 aliphatic carbocycles. The van der Waals surface area contributed by atoms with E-state index >= 15 is 0 Å². The van der Waals surface area contributed by atoms with Gasteiger partial charge in [0.05, 0.1) is 34.6 Å². The lowest BCUT2D eigenvalue weighted by molar-refractivity contribution is -0.147. The van der Waals surface area contributed by atoms with Crippen LogP contribution in [-0.4, -0.2) is 34.2 Å². The second kappa shape index (κ2) is 5.94. The Balaban J connectivity index is 1.50. The van der Waals surface area contributed by atoms with Crippen LogP contribution in [0.1, 0.15) is 17.7 Å². The molecule has 6 nitrogen and oxygen atoms in total. The molecule has 126 valence electrons. The summed E-state index contributed by atoms with van der Waals surface area (Å²) in [6.45, 7) is 2.03. The number of nitrogens with one attached hydrogen (secondary N) is 1. The van der Waals surface area contributed by atoms with E-state index in [1.54, 1.807) is 11.3 Å². The minimum atomic E-state index is -0.962. The van der Waals surface area contributed by atoms with Crippen molar-refractivity contribution in [1.82, 2.24) is 4.98 Å². The SMILES string of the molecule is Cc1ccc(-c2csc(NC(=O)[C@H]3[C@@H](C(=O)O)[C@@H]4CC[C@H]3O4)n2)s1. The molecular formula is C16H16N2O4S2.